The first-order valence-electron chi connectivity index (χ1n) is 5.12. The molecule has 0 bridgehead atoms. The lowest BCUT2D eigenvalue weighted by Gasteiger charge is -2.50. The molecule has 0 aliphatic heterocycles. The van der Waals surface area contributed by atoms with E-state index in [2.05, 4.69) is 6.58 Å². The van der Waals surface area contributed by atoms with E-state index in [-0.39, 0.29) is 0 Å². The highest BCUT2D eigenvalue weighted by atomic mass is 29.9. The lowest BCUT2D eigenvalue weighted by atomic mass is 11.3. The van der Waals surface area contributed by atoms with E-state index >= 15 is 0 Å². The maximum atomic E-state index is 10.5. The highest BCUT2D eigenvalue weighted by Crippen LogP contribution is 2.33. The predicted octanol–water partition coefficient (Wildman–Crippen LogP) is 0.988. The Hall–Kier alpha value is 0.488. The van der Waals surface area contributed by atoms with E-state index in [1.165, 1.54) is 0 Å². The minimum Gasteiger partial charge on any atom is -0.435 e. The SMILES string of the molecule is C=C[Si]([Si](C)(C)O)([Si](C)(C)O)[Si](C)(C)O. The summed E-state index contributed by atoms with van der Waals surface area (Å²) in [4.78, 5) is 31.4. The minimum atomic E-state index is -2.56. The van der Waals surface area contributed by atoms with Crippen molar-refractivity contribution < 1.29 is 14.4 Å². The molecule has 3 N–H and O–H groups in total. The fourth-order valence-corrected chi connectivity index (χ4v) is 67.4. The van der Waals surface area contributed by atoms with Gasteiger partial charge in [0.05, 0.1) is 0 Å². The van der Waals surface area contributed by atoms with E-state index in [4.69, 9.17) is 0 Å². The summed E-state index contributed by atoms with van der Waals surface area (Å²) in [6.45, 7) is 12.3. The first kappa shape index (κ1) is 15.5. The van der Waals surface area contributed by atoms with Gasteiger partial charge in [0.1, 0.15) is 0 Å². The van der Waals surface area contributed by atoms with Crippen LogP contribution in [0.25, 0.3) is 0 Å². The van der Waals surface area contributed by atoms with Crippen LogP contribution in [-0.4, -0.2) is 44.5 Å². The van der Waals surface area contributed by atoms with E-state index in [1.807, 2.05) is 39.3 Å². The van der Waals surface area contributed by atoms with Crippen molar-refractivity contribution in [3.8, 4) is 0 Å². The summed E-state index contributed by atoms with van der Waals surface area (Å²) in [6, 6.07) is 0. The van der Waals surface area contributed by atoms with Gasteiger partial charge in [-0.2, -0.15) is 0 Å². The highest BCUT2D eigenvalue weighted by Gasteiger charge is 2.66. The van der Waals surface area contributed by atoms with Crippen LogP contribution in [0.15, 0.2) is 12.3 Å². The normalized spacial score (nSPS) is 15.3. The molecule has 7 heteroatoms. The van der Waals surface area contributed by atoms with E-state index in [0.29, 0.717) is 0 Å². The molecule has 0 radical (unpaired) electrons. The molecule has 0 saturated heterocycles. The maximum absolute atomic E-state index is 10.5. The van der Waals surface area contributed by atoms with Crippen molar-refractivity contribution in [3.05, 3.63) is 12.3 Å². The molecule has 15 heavy (non-hydrogen) atoms. The van der Waals surface area contributed by atoms with Gasteiger partial charge in [0.25, 0.3) is 0 Å². The van der Waals surface area contributed by atoms with Crippen LogP contribution in [0.4, 0.5) is 0 Å². The van der Waals surface area contributed by atoms with Crippen LogP contribution in [0.1, 0.15) is 0 Å². The predicted molar refractivity (Wildman–Crippen MR) is 75.1 cm³/mol. The third kappa shape index (κ3) is 2.43. The summed E-state index contributed by atoms with van der Waals surface area (Å²) < 4.78 is 0. The maximum Gasteiger partial charge on any atom is 0.175 e. The molecule has 0 aliphatic carbocycles. The Labute approximate surface area is 96.2 Å². The summed E-state index contributed by atoms with van der Waals surface area (Å²) in [5, 5.41) is 0. The Balaban J connectivity index is 5.89. The fourth-order valence-electron chi connectivity index (χ4n) is 3.00. The van der Waals surface area contributed by atoms with Gasteiger partial charge in [-0.3, -0.25) is 0 Å². The van der Waals surface area contributed by atoms with Gasteiger partial charge >= 0.3 is 0 Å². The van der Waals surface area contributed by atoms with E-state index < -0.39 is 30.1 Å². The number of rotatable bonds is 4. The average Bonchev–Trinajstić information content (AvgIpc) is 1.76. The van der Waals surface area contributed by atoms with Crippen LogP contribution in [0, 0.1) is 0 Å². The first-order chi connectivity index (χ1) is 6.31. The molecule has 0 saturated carbocycles. The van der Waals surface area contributed by atoms with Crippen LogP contribution >= 0.6 is 0 Å². The van der Waals surface area contributed by atoms with Crippen molar-refractivity contribution in [2.75, 3.05) is 0 Å². The van der Waals surface area contributed by atoms with Gasteiger partial charge in [0.2, 0.25) is 0 Å². The molecular formula is C8H24O3Si4. The van der Waals surface area contributed by atoms with Crippen LogP contribution in [0.2, 0.25) is 39.3 Å². The van der Waals surface area contributed by atoms with Crippen molar-refractivity contribution in [3.63, 3.8) is 0 Å². The van der Waals surface area contributed by atoms with Crippen molar-refractivity contribution in [2.45, 2.75) is 39.3 Å². The fraction of sp³-hybridized carbons (Fsp3) is 0.750. The summed E-state index contributed by atoms with van der Waals surface area (Å²) >= 11 is 0. The second-order valence-electron chi connectivity index (χ2n) is 5.69. The molecule has 0 aromatic heterocycles. The zero-order valence-electron chi connectivity index (χ0n) is 10.6. The Morgan fingerprint density at radius 2 is 0.933 bits per heavy atom. The zero-order valence-corrected chi connectivity index (χ0v) is 14.6. The molecule has 0 spiro atoms. The van der Waals surface area contributed by atoms with Crippen molar-refractivity contribution in [2.24, 2.45) is 0 Å². The van der Waals surface area contributed by atoms with Gasteiger partial charge in [-0.25, -0.2) is 0 Å². The Morgan fingerprint density at radius 1 is 0.733 bits per heavy atom. The van der Waals surface area contributed by atoms with Gasteiger partial charge in [-0.05, 0) is 39.3 Å². The molecule has 0 heterocycles. The molecule has 0 amide bonds. The molecule has 0 aromatic rings. The van der Waals surface area contributed by atoms with Crippen molar-refractivity contribution >= 4 is 30.1 Å². The molecule has 0 aliphatic rings. The van der Waals surface area contributed by atoms with Gasteiger partial charge in [0, 0.05) is 0 Å². The van der Waals surface area contributed by atoms with Gasteiger partial charge in [0.15, 0.2) is 30.1 Å². The molecule has 90 valence electrons. The van der Waals surface area contributed by atoms with E-state index in [9.17, 15) is 14.4 Å². The second-order valence-corrected chi connectivity index (χ2v) is 39.7. The Bertz CT molecular complexity index is 210. The largest absolute Gasteiger partial charge is 0.435 e. The van der Waals surface area contributed by atoms with Crippen LogP contribution in [-0.2, 0) is 0 Å². The summed E-state index contributed by atoms with van der Waals surface area (Å²) in [7, 11) is -7.69. The number of hydrogen-bond acceptors (Lipinski definition) is 3. The topological polar surface area (TPSA) is 60.7 Å². The lowest BCUT2D eigenvalue weighted by Crippen LogP contribution is -2.84. The quantitative estimate of drug-likeness (QED) is 0.673. The van der Waals surface area contributed by atoms with Gasteiger partial charge in [-0.15, -0.1) is 12.3 Å². The minimum absolute atomic E-state index is 1.76. The van der Waals surface area contributed by atoms with E-state index in [0.717, 1.165) is 0 Å². The molecule has 0 rings (SSSR count). The Kier molecular flexibility index (Phi) is 4.19. The first-order valence-corrected chi connectivity index (χ1v) is 19.0. The molecule has 0 aromatic carbocycles. The molecular weight excluding hydrogens is 256 g/mol. The molecule has 0 atom stereocenters. The van der Waals surface area contributed by atoms with Gasteiger partial charge in [-0.1, -0.05) is 0 Å². The van der Waals surface area contributed by atoms with Gasteiger partial charge < -0.3 is 14.4 Å². The zero-order chi connectivity index (χ0) is 12.7. The summed E-state index contributed by atoms with van der Waals surface area (Å²) in [5.74, 6) is 0. The van der Waals surface area contributed by atoms with Crippen LogP contribution in [0.3, 0.4) is 0 Å². The van der Waals surface area contributed by atoms with Crippen LogP contribution < -0.4 is 0 Å². The third-order valence-corrected chi connectivity index (χ3v) is 61.8. The third-order valence-electron chi connectivity index (χ3n) is 3.20. The standard InChI is InChI=1S/C8H24O3Si4/c1-8-15(12(2,3)9,13(4,5)10)14(6,7)11/h8-11H,1H2,2-7H3. The lowest BCUT2D eigenvalue weighted by molar-refractivity contribution is 0.552. The summed E-state index contributed by atoms with van der Waals surface area (Å²) in [6.07, 6.45) is 0. The second kappa shape index (κ2) is 4.06. The molecule has 0 unspecified atom stereocenters. The smallest absolute Gasteiger partial charge is 0.175 e. The highest BCUT2D eigenvalue weighted by molar-refractivity contribution is 7.88. The summed E-state index contributed by atoms with van der Waals surface area (Å²) in [5.41, 5.74) is 1.76. The average molecular weight is 281 g/mol. The van der Waals surface area contributed by atoms with Crippen molar-refractivity contribution in [1.82, 2.24) is 0 Å². The van der Waals surface area contributed by atoms with Crippen LogP contribution in [0.5, 0.6) is 0 Å². The monoisotopic (exact) mass is 280 g/mol. The van der Waals surface area contributed by atoms with Crippen molar-refractivity contribution in [1.29, 1.82) is 0 Å². The van der Waals surface area contributed by atoms with E-state index in [1.54, 1.807) is 5.70 Å². The molecule has 3 nitrogen and oxygen atoms in total. The molecule has 0 fully saturated rings. The Morgan fingerprint density at radius 3 is 0.933 bits per heavy atom. The number of hydrogen-bond donors (Lipinski definition) is 3.